The van der Waals surface area contributed by atoms with Gasteiger partial charge in [-0.25, -0.2) is 4.79 Å². The van der Waals surface area contributed by atoms with Crippen molar-refractivity contribution >= 4 is 12.0 Å². The van der Waals surface area contributed by atoms with E-state index in [0.29, 0.717) is 13.0 Å². The molecule has 0 spiro atoms. The number of carbonyl (C=O) groups is 2. The first-order valence-corrected chi connectivity index (χ1v) is 6.05. The Labute approximate surface area is 101 Å². The maximum atomic E-state index is 11.8. The summed E-state index contributed by atoms with van der Waals surface area (Å²) in [4.78, 5) is 24.3. The molecule has 2 N–H and O–H groups in total. The molecule has 0 aromatic heterocycles. The third-order valence-corrected chi connectivity index (χ3v) is 2.87. The molecule has 5 heteroatoms. The van der Waals surface area contributed by atoms with E-state index in [-0.39, 0.29) is 12.1 Å². The SMILES string of the molecule is CCCN(CC)C(=O)NC1C=CC(C(=O)O)C1. The van der Waals surface area contributed by atoms with Crippen LogP contribution in [0.5, 0.6) is 0 Å². The summed E-state index contributed by atoms with van der Waals surface area (Å²) in [5.74, 6) is -1.31. The minimum Gasteiger partial charge on any atom is -0.481 e. The molecular formula is C12H20N2O3. The molecule has 0 aliphatic heterocycles. The van der Waals surface area contributed by atoms with Crippen molar-refractivity contribution in [3.63, 3.8) is 0 Å². The molecule has 0 saturated carbocycles. The monoisotopic (exact) mass is 240 g/mol. The van der Waals surface area contributed by atoms with Crippen LogP contribution in [0.2, 0.25) is 0 Å². The van der Waals surface area contributed by atoms with Gasteiger partial charge >= 0.3 is 12.0 Å². The van der Waals surface area contributed by atoms with Gasteiger partial charge in [0.2, 0.25) is 0 Å². The van der Waals surface area contributed by atoms with Crippen molar-refractivity contribution in [2.24, 2.45) is 5.92 Å². The maximum Gasteiger partial charge on any atom is 0.317 e. The Kier molecular flexibility index (Phi) is 5.00. The molecule has 2 amide bonds. The van der Waals surface area contributed by atoms with Crippen molar-refractivity contribution in [2.75, 3.05) is 13.1 Å². The molecule has 17 heavy (non-hydrogen) atoms. The summed E-state index contributed by atoms with van der Waals surface area (Å²) in [6, 6.07) is -0.274. The fourth-order valence-electron chi connectivity index (χ4n) is 1.91. The second-order valence-electron chi connectivity index (χ2n) is 4.20. The molecular weight excluding hydrogens is 220 g/mol. The third-order valence-electron chi connectivity index (χ3n) is 2.87. The number of aliphatic carboxylic acids is 1. The number of carbonyl (C=O) groups excluding carboxylic acids is 1. The van der Waals surface area contributed by atoms with Crippen LogP contribution in [0.1, 0.15) is 26.7 Å². The fraction of sp³-hybridized carbons (Fsp3) is 0.667. The molecule has 5 nitrogen and oxygen atoms in total. The average Bonchev–Trinajstić information content (AvgIpc) is 2.74. The van der Waals surface area contributed by atoms with Gasteiger partial charge in [-0.3, -0.25) is 4.79 Å². The second kappa shape index (κ2) is 6.27. The highest BCUT2D eigenvalue weighted by atomic mass is 16.4. The number of carboxylic acids is 1. The van der Waals surface area contributed by atoms with Crippen LogP contribution in [0.4, 0.5) is 4.79 Å². The summed E-state index contributed by atoms with van der Waals surface area (Å²) >= 11 is 0. The molecule has 0 aromatic carbocycles. The molecule has 0 heterocycles. The number of urea groups is 1. The van der Waals surface area contributed by atoms with Gasteiger partial charge in [-0.15, -0.1) is 0 Å². The molecule has 0 aromatic rings. The van der Waals surface area contributed by atoms with E-state index in [9.17, 15) is 9.59 Å². The van der Waals surface area contributed by atoms with Crippen LogP contribution < -0.4 is 5.32 Å². The molecule has 1 aliphatic rings. The van der Waals surface area contributed by atoms with Crippen LogP contribution in [0.3, 0.4) is 0 Å². The van der Waals surface area contributed by atoms with Crippen molar-refractivity contribution in [2.45, 2.75) is 32.7 Å². The van der Waals surface area contributed by atoms with E-state index in [1.807, 2.05) is 13.8 Å². The lowest BCUT2D eigenvalue weighted by Crippen LogP contribution is -2.44. The third kappa shape index (κ3) is 3.76. The quantitative estimate of drug-likeness (QED) is 0.715. The molecule has 0 radical (unpaired) electrons. The van der Waals surface area contributed by atoms with E-state index in [2.05, 4.69) is 5.32 Å². The van der Waals surface area contributed by atoms with Crippen LogP contribution in [0.25, 0.3) is 0 Å². The Balaban J connectivity index is 2.43. The van der Waals surface area contributed by atoms with Crippen molar-refractivity contribution in [3.05, 3.63) is 12.2 Å². The summed E-state index contributed by atoms with van der Waals surface area (Å²) in [6.07, 6.45) is 4.77. The maximum absolute atomic E-state index is 11.8. The number of rotatable bonds is 5. The van der Waals surface area contributed by atoms with Gasteiger partial charge in [0.25, 0.3) is 0 Å². The van der Waals surface area contributed by atoms with E-state index >= 15 is 0 Å². The fourth-order valence-corrected chi connectivity index (χ4v) is 1.91. The molecule has 96 valence electrons. The predicted molar refractivity (Wildman–Crippen MR) is 64.7 cm³/mol. The van der Waals surface area contributed by atoms with Gasteiger partial charge in [0.15, 0.2) is 0 Å². The Morgan fingerprint density at radius 1 is 1.41 bits per heavy atom. The first-order valence-electron chi connectivity index (χ1n) is 6.05. The molecule has 0 fully saturated rings. The van der Waals surface area contributed by atoms with Crippen molar-refractivity contribution in [1.82, 2.24) is 10.2 Å². The summed E-state index contributed by atoms with van der Waals surface area (Å²) < 4.78 is 0. The smallest absolute Gasteiger partial charge is 0.317 e. The molecule has 1 aliphatic carbocycles. The predicted octanol–water partition coefficient (Wildman–Crippen LogP) is 1.46. The van der Waals surface area contributed by atoms with Crippen molar-refractivity contribution < 1.29 is 14.7 Å². The first kappa shape index (κ1) is 13.5. The average molecular weight is 240 g/mol. The number of carboxylic acid groups (broad SMARTS) is 1. The Hall–Kier alpha value is -1.52. The van der Waals surface area contributed by atoms with Crippen LogP contribution in [-0.2, 0) is 4.79 Å². The van der Waals surface area contributed by atoms with Gasteiger partial charge in [-0.1, -0.05) is 19.1 Å². The van der Waals surface area contributed by atoms with Crippen LogP contribution in [0, 0.1) is 5.92 Å². The van der Waals surface area contributed by atoms with Gasteiger partial charge in [-0.2, -0.15) is 0 Å². The number of hydrogen-bond acceptors (Lipinski definition) is 2. The van der Waals surface area contributed by atoms with E-state index in [1.165, 1.54) is 0 Å². The van der Waals surface area contributed by atoms with Gasteiger partial charge in [0.1, 0.15) is 0 Å². The molecule has 0 bridgehead atoms. The van der Waals surface area contributed by atoms with Crippen LogP contribution in [-0.4, -0.2) is 41.1 Å². The highest BCUT2D eigenvalue weighted by molar-refractivity contribution is 5.76. The normalized spacial score (nSPS) is 22.5. The highest BCUT2D eigenvalue weighted by Crippen LogP contribution is 2.18. The van der Waals surface area contributed by atoms with E-state index in [1.54, 1.807) is 17.1 Å². The zero-order valence-electron chi connectivity index (χ0n) is 10.3. The summed E-state index contributed by atoms with van der Waals surface area (Å²) in [5, 5.41) is 11.7. The Bertz CT molecular complexity index is 315. The van der Waals surface area contributed by atoms with Gasteiger partial charge in [-0.05, 0) is 19.8 Å². The molecule has 2 unspecified atom stereocenters. The van der Waals surface area contributed by atoms with Crippen molar-refractivity contribution in [1.29, 1.82) is 0 Å². The van der Waals surface area contributed by atoms with Crippen LogP contribution >= 0.6 is 0 Å². The summed E-state index contributed by atoms with van der Waals surface area (Å²) in [5.41, 5.74) is 0. The van der Waals surface area contributed by atoms with E-state index < -0.39 is 11.9 Å². The minimum atomic E-state index is -0.834. The molecule has 2 atom stereocenters. The molecule has 0 saturated heterocycles. The first-order chi connectivity index (χ1) is 8.08. The second-order valence-corrected chi connectivity index (χ2v) is 4.20. The number of hydrogen-bond donors (Lipinski definition) is 2. The molecule has 1 rings (SSSR count). The van der Waals surface area contributed by atoms with Crippen molar-refractivity contribution in [3.8, 4) is 0 Å². The largest absolute Gasteiger partial charge is 0.481 e. The lowest BCUT2D eigenvalue weighted by Gasteiger charge is -2.22. The highest BCUT2D eigenvalue weighted by Gasteiger charge is 2.26. The summed E-state index contributed by atoms with van der Waals surface area (Å²) in [7, 11) is 0. The van der Waals surface area contributed by atoms with E-state index in [4.69, 9.17) is 5.11 Å². The Morgan fingerprint density at radius 2 is 2.12 bits per heavy atom. The summed E-state index contributed by atoms with van der Waals surface area (Å²) in [6.45, 7) is 5.34. The van der Waals surface area contributed by atoms with E-state index in [0.717, 1.165) is 13.0 Å². The van der Waals surface area contributed by atoms with Gasteiger partial charge in [0, 0.05) is 13.1 Å². The number of nitrogens with zero attached hydrogens (tertiary/aromatic N) is 1. The number of nitrogens with one attached hydrogen (secondary N) is 1. The zero-order valence-corrected chi connectivity index (χ0v) is 10.3. The zero-order chi connectivity index (χ0) is 12.8. The van der Waals surface area contributed by atoms with Gasteiger partial charge in [0.05, 0.1) is 12.0 Å². The van der Waals surface area contributed by atoms with Gasteiger partial charge < -0.3 is 15.3 Å². The lowest BCUT2D eigenvalue weighted by atomic mass is 10.1. The lowest BCUT2D eigenvalue weighted by molar-refractivity contribution is -0.140. The Morgan fingerprint density at radius 3 is 2.59 bits per heavy atom. The van der Waals surface area contributed by atoms with Crippen LogP contribution in [0.15, 0.2) is 12.2 Å². The topological polar surface area (TPSA) is 69.6 Å². The minimum absolute atomic E-state index is 0.116. The number of amides is 2. The standard InChI is InChI=1S/C12H20N2O3/c1-3-7-14(4-2)12(17)13-10-6-5-9(8-10)11(15)16/h5-6,9-10H,3-4,7-8H2,1-2H3,(H,13,17)(H,15,16).